The molecule has 2 amide bonds. The quantitative estimate of drug-likeness (QED) is 0.297. The average Bonchev–Trinajstić information content (AvgIpc) is 2.83. The number of anilines is 2. The summed E-state index contributed by atoms with van der Waals surface area (Å²) < 4.78 is 0. The Kier molecular flexibility index (Phi) is 8.19. The summed E-state index contributed by atoms with van der Waals surface area (Å²) in [7, 11) is 0. The van der Waals surface area contributed by atoms with E-state index in [1.165, 1.54) is 0 Å². The number of carbonyl (C=O) groups is 3. The third kappa shape index (κ3) is 6.29. The van der Waals surface area contributed by atoms with E-state index in [0.29, 0.717) is 23.4 Å². The smallest absolute Gasteiger partial charge is 0.242 e. The highest BCUT2D eigenvalue weighted by atomic mass is 32.1. The third-order valence-electron chi connectivity index (χ3n) is 4.86. The van der Waals surface area contributed by atoms with Crippen molar-refractivity contribution >= 4 is 41.6 Å². The molecule has 0 aliphatic carbocycles. The van der Waals surface area contributed by atoms with Gasteiger partial charge < -0.3 is 16.4 Å². The molecular formula is C25H25N3O3S. The van der Waals surface area contributed by atoms with Crippen molar-refractivity contribution in [2.75, 3.05) is 16.4 Å². The van der Waals surface area contributed by atoms with Gasteiger partial charge in [-0.3, -0.25) is 14.4 Å². The van der Waals surface area contributed by atoms with Crippen molar-refractivity contribution < 1.29 is 14.4 Å². The van der Waals surface area contributed by atoms with Gasteiger partial charge in [0.2, 0.25) is 11.8 Å². The lowest BCUT2D eigenvalue weighted by molar-refractivity contribution is -0.117. The van der Waals surface area contributed by atoms with Gasteiger partial charge in [0.05, 0.1) is 11.7 Å². The second-order valence-corrected chi connectivity index (χ2v) is 7.63. The third-order valence-corrected chi connectivity index (χ3v) is 5.25. The largest absolute Gasteiger partial charge is 0.325 e. The highest BCUT2D eigenvalue weighted by Crippen LogP contribution is 2.24. The minimum atomic E-state index is -0.774. The summed E-state index contributed by atoms with van der Waals surface area (Å²) in [6, 6.07) is 22.5. The van der Waals surface area contributed by atoms with Crippen LogP contribution in [0.2, 0.25) is 0 Å². The zero-order chi connectivity index (χ0) is 22.9. The maximum atomic E-state index is 13.2. The lowest BCUT2D eigenvalue weighted by atomic mass is 10.0. The monoisotopic (exact) mass is 447 g/mol. The van der Waals surface area contributed by atoms with Crippen molar-refractivity contribution in [1.82, 2.24) is 0 Å². The normalized spacial score (nSPS) is 11.4. The second kappa shape index (κ2) is 11.3. The molecule has 0 radical (unpaired) electrons. The highest BCUT2D eigenvalue weighted by Gasteiger charge is 2.18. The summed E-state index contributed by atoms with van der Waals surface area (Å²) >= 11 is 4.03. The predicted octanol–water partition coefficient (Wildman–Crippen LogP) is 3.68. The molecule has 3 rings (SSSR count). The molecule has 0 spiro atoms. The standard InChI is InChI=1S/C25H25N3O3S/c26-21(16-32)25(31)27-19-12-13-22(20(15-19)24(30)18-9-5-2-6-10-18)28-23(29)14-11-17-7-3-1-4-8-17/h1-10,12-13,15,21,32H,11,14,16,26H2,(H,27,31)(H,28,29). The zero-order valence-electron chi connectivity index (χ0n) is 17.5. The van der Waals surface area contributed by atoms with Crippen LogP contribution in [-0.2, 0) is 16.0 Å². The van der Waals surface area contributed by atoms with Gasteiger partial charge in [-0.05, 0) is 30.2 Å². The number of thiol groups is 1. The first kappa shape index (κ1) is 23.2. The summed E-state index contributed by atoms with van der Waals surface area (Å²) in [6.45, 7) is 0. The van der Waals surface area contributed by atoms with Crippen molar-refractivity contribution in [1.29, 1.82) is 0 Å². The van der Waals surface area contributed by atoms with E-state index < -0.39 is 11.9 Å². The molecule has 1 unspecified atom stereocenters. The Labute approximate surface area is 192 Å². The van der Waals surface area contributed by atoms with E-state index >= 15 is 0 Å². The number of amides is 2. The molecule has 0 saturated carbocycles. The Bertz CT molecular complexity index is 1090. The van der Waals surface area contributed by atoms with Crippen LogP contribution < -0.4 is 16.4 Å². The molecule has 0 bridgehead atoms. The van der Waals surface area contributed by atoms with Crippen LogP contribution in [-0.4, -0.2) is 29.4 Å². The summed E-state index contributed by atoms with van der Waals surface area (Å²) in [5.74, 6) is -0.682. The van der Waals surface area contributed by atoms with Crippen LogP contribution in [0.15, 0.2) is 78.9 Å². The molecule has 0 saturated heterocycles. The SMILES string of the molecule is NC(CS)C(=O)Nc1ccc(NC(=O)CCc2ccccc2)c(C(=O)c2ccccc2)c1. The molecule has 6 nitrogen and oxygen atoms in total. The first-order chi connectivity index (χ1) is 15.5. The number of benzene rings is 3. The summed E-state index contributed by atoms with van der Waals surface area (Å²) in [4.78, 5) is 37.9. The van der Waals surface area contributed by atoms with Crippen LogP contribution in [0, 0.1) is 0 Å². The molecule has 164 valence electrons. The Morgan fingerprint density at radius 1 is 0.875 bits per heavy atom. The van der Waals surface area contributed by atoms with E-state index in [2.05, 4.69) is 23.3 Å². The van der Waals surface area contributed by atoms with Gasteiger partial charge in [0.15, 0.2) is 5.78 Å². The Hall–Kier alpha value is -3.42. The minimum absolute atomic E-state index is 0.192. The molecule has 7 heteroatoms. The Morgan fingerprint density at radius 3 is 2.19 bits per heavy atom. The number of carbonyl (C=O) groups excluding carboxylic acids is 3. The topological polar surface area (TPSA) is 101 Å². The number of hydrogen-bond donors (Lipinski definition) is 4. The van der Waals surface area contributed by atoms with Gasteiger partial charge in [0.1, 0.15) is 0 Å². The molecule has 1 atom stereocenters. The number of hydrogen-bond acceptors (Lipinski definition) is 5. The molecule has 3 aromatic rings. The molecule has 4 N–H and O–H groups in total. The van der Waals surface area contributed by atoms with Crippen molar-refractivity contribution in [3.8, 4) is 0 Å². The zero-order valence-corrected chi connectivity index (χ0v) is 18.3. The average molecular weight is 448 g/mol. The van der Waals surface area contributed by atoms with Gasteiger partial charge >= 0.3 is 0 Å². The van der Waals surface area contributed by atoms with Crippen molar-refractivity contribution in [2.24, 2.45) is 5.73 Å². The number of nitrogens with one attached hydrogen (secondary N) is 2. The molecule has 0 fully saturated rings. The van der Waals surface area contributed by atoms with Gasteiger partial charge in [0.25, 0.3) is 0 Å². The second-order valence-electron chi connectivity index (χ2n) is 7.27. The maximum absolute atomic E-state index is 13.2. The van der Waals surface area contributed by atoms with Crippen molar-refractivity contribution in [3.05, 3.63) is 95.6 Å². The van der Waals surface area contributed by atoms with E-state index in [9.17, 15) is 14.4 Å². The summed E-state index contributed by atoms with van der Waals surface area (Å²) in [5, 5.41) is 5.53. The Balaban J connectivity index is 1.82. The molecule has 0 aliphatic heterocycles. The molecule has 32 heavy (non-hydrogen) atoms. The van der Waals surface area contributed by atoms with Gasteiger partial charge in [-0.1, -0.05) is 60.7 Å². The van der Waals surface area contributed by atoms with Gasteiger partial charge in [-0.2, -0.15) is 12.6 Å². The van der Waals surface area contributed by atoms with Crippen LogP contribution in [0.4, 0.5) is 11.4 Å². The van der Waals surface area contributed by atoms with Gasteiger partial charge in [-0.15, -0.1) is 0 Å². The fraction of sp³-hybridized carbons (Fsp3) is 0.160. The van der Waals surface area contributed by atoms with E-state index in [4.69, 9.17) is 5.73 Å². The van der Waals surface area contributed by atoms with E-state index in [1.54, 1.807) is 42.5 Å². The summed E-state index contributed by atoms with van der Waals surface area (Å²) in [5.41, 5.74) is 8.32. The van der Waals surface area contributed by atoms with E-state index in [-0.39, 0.29) is 29.4 Å². The first-order valence-electron chi connectivity index (χ1n) is 10.2. The fourth-order valence-corrected chi connectivity index (χ4v) is 3.26. The van der Waals surface area contributed by atoms with Crippen LogP contribution in [0.5, 0.6) is 0 Å². The lowest BCUT2D eigenvalue weighted by Gasteiger charge is -2.15. The van der Waals surface area contributed by atoms with E-state index in [0.717, 1.165) is 5.56 Å². The van der Waals surface area contributed by atoms with Crippen LogP contribution in [0.1, 0.15) is 27.9 Å². The molecule has 0 heterocycles. The number of ketones is 1. The Morgan fingerprint density at radius 2 is 1.53 bits per heavy atom. The van der Waals surface area contributed by atoms with Crippen LogP contribution >= 0.6 is 12.6 Å². The first-order valence-corrected chi connectivity index (χ1v) is 10.9. The maximum Gasteiger partial charge on any atom is 0.242 e. The van der Waals surface area contributed by atoms with Crippen molar-refractivity contribution in [2.45, 2.75) is 18.9 Å². The van der Waals surface area contributed by atoms with E-state index in [1.807, 2.05) is 36.4 Å². The van der Waals surface area contributed by atoms with Gasteiger partial charge in [0, 0.05) is 29.0 Å². The minimum Gasteiger partial charge on any atom is -0.325 e. The number of rotatable bonds is 9. The lowest BCUT2D eigenvalue weighted by Crippen LogP contribution is -2.37. The molecule has 0 aromatic heterocycles. The summed E-state index contributed by atoms with van der Waals surface area (Å²) in [6.07, 6.45) is 0.864. The highest BCUT2D eigenvalue weighted by molar-refractivity contribution is 7.80. The van der Waals surface area contributed by atoms with Crippen LogP contribution in [0.25, 0.3) is 0 Å². The number of nitrogens with two attached hydrogens (primary N) is 1. The van der Waals surface area contributed by atoms with Crippen molar-refractivity contribution in [3.63, 3.8) is 0 Å². The molecule has 3 aromatic carbocycles. The van der Waals surface area contributed by atoms with Crippen LogP contribution in [0.3, 0.4) is 0 Å². The molecule has 0 aliphatic rings. The number of aryl methyl sites for hydroxylation is 1. The van der Waals surface area contributed by atoms with Gasteiger partial charge in [-0.25, -0.2) is 0 Å². The fourth-order valence-electron chi connectivity index (χ4n) is 3.10. The molecular weight excluding hydrogens is 422 g/mol. The predicted molar refractivity (Wildman–Crippen MR) is 130 cm³/mol.